The summed E-state index contributed by atoms with van der Waals surface area (Å²) < 4.78 is 12.5. The van der Waals surface area contributed by atoms with Crippen molar-refractivity contribution in [1.82, 2.24) is 10.3 Å². The average molecular weight is 374 g/mol. The van der Waals surface area contributed by atoms with Crippen molar-refractivity contribution in [3.8, 4) is 0 Å². The molecule has 2 heterocycles. The number of aliphatic hydroxyl groups is 1. The van der Waals surface area contributed by atoms with E-state index in [4.69, 9.17) is 11.6 Å². The number of fused-ring (bicyclic) bond motifs is 1. The molecule has 0 aromatic carbocycles. The normalized spacial score (nSPS) is 27.3. The number of carboxylic acids is 1. The number of aliphatic hydroxyl groups excluding tert-OH is 1. The third-order valence-electron chi connectivity index (χ3n) is 4.70. The predicted molar refractivity (Wildman–Crippen MR) is 87.9 cm³/mol. The predicted octanol–water partition coefficient (Wildman–Crippen LogP) is -2.61. The molecule has 0 aromatic rings. The van der Waals surface area contributed by atoms with Gasteiger partial charge in [0.1, 0.15) is 22.7 Å². The molecule has 2 amide bonds. The molecular weight excluding hydrogens is 352 g/mol. The highest BCUT2D eigenvalue weighted by atomic mass is 32.2. The fourth-order valence-electron chi connectivity index (χ4n) is 3.27. The number of nitrogens with two attached hydrogens (primary N) is 2. The summed E-state index contributed by atoms with van der Waals surface area (Å²) in [5, 5.41) is 18.3. The molecule has 11 heteroatoms. The van der Waals surface area contributed by atoms with Crippen LogP contribution in [0.5, 0.6) is 0 Å². The van der Waals surface area contributed by atoms with Gasteiger partial charge in [0.2, 0.25) is 5.91 Å². The number of hydrogen-bond acceptors (Lipinski definition) is 7. The molecule has 10 nitrogen and oxygen atoms in total. The van der Waals surface area contributed by atoms with Crippen molar-refractivity contribution in [2.75, 3.05) is 5.75 Å². The Morgan fingerprint density at radius 1 is 1.48 bits per heavy atom. The number of rotatable bonds is 7. The monoisotopic (exact) mass is 374 g/mol. The van der Waals surface area contributed by atoms with E-state index in [9.17, 15) is 29.1 Å². The van der Waals surface area contributed by atoms with Gasteiger partial charge < -0.3 is 25.4 Å². The highest BCUT2D eigenvalue weighted by molar-refractivity contribution is 7.92. The lowest BCUT2D eigenvalue weighted by Crippen LogP contribution is -2.61. The van der Waals surface area contributed by atoms with Crippen LogP contribution in [0, 0.1) is 5.92 Å². The molecule has 0 aliphatic carbocycles. The summed E-state index contributed by atoms with van der Waals surface area (Å²) in [6, 6.07) is -1.55. The van der Waals surface area contributed by atoms with E-state index in [2.05, 4.69) is 0 Å². The SMILES string of the molecule is CC(O)C1C(=O)N2C(C(=O)O)=C(C[S+]([O-])C(C)C(N)C(=O)NN)CC12. The highest BCUT2D eigenvalue weighted by Gasteiger charge is 2.57. The second-order valence-corrected chi connectivity index (χ2v) is 8.06. The molecule has 0 bridgehead atoms. The summed E-state index contributed by atoms with van der Waals surface area (Å²) in [7, 11) is 0. The van der Waals surface area contributed by atoms with Gasteiger partial charge in [-0.2, -0.15) is 0 Å². The number of carbonyl (C=O) groups excluding carboxylic acids is 2. The molecule has 2 rings (SSSR count). The van der Waals surface area contributed by atoms with Crippen LogP contribution in [0.15, 0.2) is 11.3 Å². The maximum Gasteiger partial charge on any atom is 0.352 e. The van der Waals surface area contributed by atoms with Crippen LogP contribution in [0.4, 0.5) is 0 Å². The van der Waals surface area contributed by atoms with E-state index in [1.54, 1.807) is 0 Å². The Kier molecular flexibility index (Phi) is 5.74. The topological polar surface area (TPSA) is 182 Å². The van der Waals surface area contributed by atoms with E-state index in [-0.39, 0.29) is 17.9 Å². The molecule has 0 radical (unpaired) electrons. The molecular formula is C14H22N4O6S. The fourth-order valence-corrected chi connectivity index (χ4v) is 4.58. The zero-order valence-electron chi connectivity index (χ0n) is 13.8. The van der Waals surface area contributed by atoms with Crippen LogP contribution in [0.3, 0.4) is 0 Å². The van der Waals surface area contributed by atoms with Gasteiger partial charge >= 0.3 is 5.97 Å². The molecule has 25 heavy (non-hydrogen) atoms. The molecule has 0 saturated carbocycles. The van der Waals surface area contributed by atoms with Crippen molar-refractivity contribution in [3.05, 3.63) is 11.3 Å². The Balaban J connectivity index is 2.17. The lowest BCUT2D eigenvalue weighted by Gasteiger charge is -2.44. The first-order valence-corrected chi connectivity index (χ1v) is 9.09. The van der Waals surface area contributed by atoms with Gasteiger partial charge in [-0.15, -0.1) is 0 Å². The molecule has 6 unspecified atom stereocenters. The lowest BCUT2D eigenvalue weighted by atomic mass is 9.83. The van der Waals surface area contributed by atoms with Crippen LogP contribution in [0.1, 0.15) is 20.3 Å². The largest absolute Gasteiger partial charge is 0.616 e. The van der Waals surface area contributed by atoms with Gasteiger partial charge in [0.25, 0.3) is 5.91 Å². The van der Waals surface area contributed by atoms with Crippen molar-refractivity contribution < 1.29 is 29.1 Å². The van der Waals surface area contributed by atoms with Gasteiger partial charge in [0, 0.05) is 5.57 Å². The van der Waals surface area contributed by atoms with Crippen LogP contribution >= 0.6 is 0 Å². The second-order valence-electron chi connectivity index (χ2n) is 6.27. The molecule has 2 aliphatic heterocycles. The zero-order valence-corrected chi connectivity index (χ0v) is 14.7. The standard InChI is InChI=1S/C14H22N4O6S/c1-5(19)9-8-3-7(11(14(22)23)18(8)13(9)21)4-25(24)6(2)10(15)12(20)17-16/h5-6,8-10,19H,3-4,15-16H2,1-2H3,(H,17,20)(H,22,23). The lowest BCUT2D eigenvalue weighted by molar-refractivity contribution is -0.161. The number of carboxylic acid groups (broad SMARTS) is 1. The number of nitrogens with one attached hydrogen (secondary N) is 1. The van der Waals surface area contributed by atoms with Crippen molar-refractivity contribution in [2.45, 2.75) is 43.7 Å². The number of hydrogen-bond donors (Lipinski definition) is 5. The number of amides is 2. The summed E-state index contributed by atoms with van der Waals surface area (Å²) in [5.41, 5.74) is 7.72. The first-order chi connectivity index (χ1) is 11.6. The fraction of sp³-hybridized carbons (Fsp3) is 0.643. The van der Waals surface area contributed by atoms with E-state index in [1.807, 2.05) is 5.43 Å². The maximum absolute atomic E-state index is 12.5. The smallest absolute Gasteiger partial charge is 0.352 e. The minimum atomic E-state index is -1.64. The number of β-lactam (4-membered cyclic amide) rings is 1. The molecule has 140 valence electrons. The number of nitrogens with zero attached hydrogens (tertiary/aromatic N) is 1. The quantitative estimate of drug-likeness (QED) is 0.106. The Bertz CT molecular complexity index is 624. The van der Waals surface area contributed by atoms with Crippen LogP contribution in [-0.4, -0.2) is 66.6 Å². The summed E-state index contributed by atoms with van der Waals surface area (Å²) in [4.78, 5) is 36.3. The van der Waals surface area contributed by atoms with Gasteiger partial charge in [0.15, 0.2) is 0 Å². The van der Waals surface area contributed by atoms with Gasteiger partial charge in [-0.25, -0.2) is 10.6 Å². The van der Waals surface area contributed by atoms with E-state index in [0.29, 0.717) is 5.57 Å². The Hall–Kier alpha value is -1.66. The van der Waals surface area contributed by atoms with Crippen molar-refractivity contribution in [1.29, 1.82) is 0 Å². The molecule has 1 saturated heterocycles. The Morgan fingerprint density at radius 3 is 2.56 bits per heavy atom. The van der Waals surface area contributed by atoms with E-state index < -0.39 is 58.3 Å². The van der Waals surface area contributed by atoms with E-state index in [0.717, 1.165) is 4.90 Å². The first kappa shape index (κ1) is 19.7. The summed E-state index contributed by atoms with van der Waals surface area (Å²) in [5.74, 6) is 1.80. The Labute approximate surface area is 147 Å². The van der Waals surface area contributed by atoms with Gasteiger partial charge in [0.05, 0.1) is 18.1 Å². The van der Waals surface area contributed by atoms with Crippen molar-refractivity contribution in [2.24, 2.45) is 17.5 Å². The third kappa shape index (κ3) is 3.37. The maximum atomic E-state index is 12.5. The Morgan fingerprint density at radius 2 is 2.08 bits per heavy atom. The highest BCUT2D eigenvalue weighted by Crippen LogP contribution is 2.44. The van der Waals surface area contributed by atoms with Crippen molar-refractivity contribution in [3.63, 3.8) is 0 Å². The van der Waals surface area contributed by atoms with E-state index >= 15 is 0 Å². The minimum Gasteiger partial charge on any atom is -0.616 e. The van der Waals surface area contributed by atoms with Crippen LogP contribution in [0.25, 0.3) is 0 Å². The molecule has 0 spiro atoms. The molecule has 1 fully saturated rings. The number of hydrazine groups is 1. The minimum absolute atomic E-state index is 0.124. The van der Waals surface area contributed by atoms with Gasteiger partial charge in [-0.05, 0) is 31.4 Å². The summed E-state index contributed by atoms with van der Waals surface area (Å²) in [6.45, 7) is 2.98. The van der Waals surface area contributed by atoms with Crippen LogP contribution in [0.2, 0.25) is 0 Å². The van der Waals surface area contributed by atoms with Crippen LogP contribution < -0.4 is 17.0 Å². The van der Waals surface area contributed by atoms with Crippen molar-refractivity contribution >= 4 is 29.0 Å². The molecule has 0 aromatic heterocycles. The molecule has 6 atom stereocenters. The number of carbonyl (C=O) groups is 3. The summed E-state index contributed by atoms with van der Waals surface area (Å²) in [6.07, 6.45) is -0.672. The second kappa shape index (κ2) is 7.30. The average Bonchev–Trinajstić information content (AvgIpc) is 2.86. The molecule has 2 aliphatic rings. The van der Waals surface area contributed by atoms with Crippen LogP contribution in [-0.2, 0) is 25.6 Å². The number of aliphatic carboxylic acids is 1. The first-order valence-electron chi connectivity index (χ1n) is 7.71. The van der Waals surface area contributed by atoms with E-state index in [1.165, 1.54) is 13.8 Å². The third-order valence-corrected chi connectivity index (χ3v) is 6.46. The van der Waals surface area contributed by atoms with Gasteiger partial charge in [-0.1, -0.05) is 0 Å². The zero-order chi connectivity index (χ0) is 19.0. The van der Waals surface area contributed by atoms with Gasteiger partial charge in [-0.3, -0.25) is 15.0 Å². The summed E-state index contributed by atoms with van der Waals surface area (Å²) >= 11 is -1.64. The molecule has 7 N–H and O–H groups in total.